The second-order valence-corrected chi connectivity index (χ2v) is 6.12. The van der Waals surface area contributed by atoms with Crippen molar-refractivity contribution in [2.75, 3.05) is 13.2 Å². The van der Waals surface area contributed by atoms with E-state index in [4.69, 9.17) is 4.74 Å². The molecule has 2 atom stereocenters. The fraction of sp³-hybridized carbons (Fsp3) is 0.611. The molecule has 2 N–H and O–H groups in total. The fourth-order valence-electron chi connectivity index (χ4n) is 2.86. The molecule has 1 aliphatic carbocycles. The molecular weight excluding hydrogens is 278 g/mol. The highest BCUT2D eigenvalue weighted by molar-refractivity contribution is 5.78. The first-order chi connectivity index (χ1) is 10.7. The van der Waals surface area contributed by atoms with E-state index in [0.717, 1.165) is 31.2 Å². The lowest BCUT2D eigenvalue weighted by molar-refractivity contribution is -0.126. The van der Waals surface area contributed by atoms with Crippen molar-refractivity contribution < 1.29 is 14.6 Å². The van der Waals surface area contributed by atoms with Gasteiger partial charge in [-0.25, -0.2) is 0 Å². The topological polar surface area (TPSA) is 58.6 Å². The summed E-state index contributed by atoms with van der Waals surface area (Å²) in [6, 6.07) is 9.90. The third kappa shape index (κ3) is 5.43. The molecule has 0 aliphatic heterocycles. The lowest BCUT2D eigenvalue weighted by atomic mass is 9.89. The van der Waals surface area contributed by atoms with Crippen LogP contribution in [0.5, 0.6) is 0 Å². The highest BCUT2D eigenvalue weighted by Crippen LogP contribution is 2.23. The lowest BCUT2D eigenvalue weighted by Crippen LogP contribution is -2.38. The Bertz CT molecular complexity index is 443. The molecule has 1 saturated carbocycles. The van der Waals surface area contributed by atoms with Gasteiger partial charge in [0, 0.05) is 12.5 Å². The standard InChI is InChI=1S/C18H27NO3/c1-14(15-8-4-2-5-9-15)22-13-17(20)12-19-18(21)16-10-6-3-7-11-16/h2,4-5,8-9,14,16-17,20H,3,6-7,10-13H2,1H3,(H,19,21). The summed E-state index contributed by atoms with van der Waals surface area (Å²) in [6.45, 7) is 2.44. The highest BCUT2D eigenvalue weighted by atomic mass is 16.5. The Labute approximate surface area is 132 Å². The number of hydrogen-bond donors (Lipinski definition) is 2. The Morgan fingerprint density at radius 1 is 1.27 bits per heavy atom. The number of carbonyl (C=O) groups excluding carboxylic acids is 1. The van der Waals surface area contributed by atoms with Gasteiger partial charge in [-0.1, -0.05) is 49.6 Å². The predicted molar refractivity (Wildman–Crippen MR) is 86.4 cm³/mol. The van der Waals surface area contributed by atoms with Crippen LogP contribution in [0.3, 0.4) is 0 Å². The zero-order valence-electron chi connectivity index (χ0n) is 13.3. The first kappa shape index (κ1) is 17.0. The van der Waals surface area contributed by atoms with Gasteiger partial charge in [0.05, 0.1) is 18.8 Å². The van der Waals surface area contributed by atoms with Crippen LogP contribution in [0.15, 0.2) is 30.3 Å². The number of nitrogens with one attached hydrogen (secondary N) is 1. The van der Waals surface area contributed by atoms with Gasteiger partial charge in [0.1, 0.15) is 0 Å². The SMILES string of the molecule is CC(OCC(O)CNC(=O)C1CCCCC1)c1ccccc1. The largest absolute Gasteiger partial charge is 0.389 e. The molecule has 1 aromatic carbocycles. The van der Waals surface area contributed by atoms with E-state index in [0.29, 0.717) is 0 Å². The number of benzene rings is 1. The van der Waals surface area contributed by atoms with E-state index in [2.05, 4.69) is 5.32 Å². The number of ether oxygens (including phenoxy) is 1. The number of hydrogen-bond acceptors (Lipinski definition) is 3. The van der Waals surface area contributed by atoms with Crippen molar-refractivity contribution in [3.63, 3.8) is 0 Å². The number of amides is 1. The first-order valence-corrected chi connectivity index (χ1v) is 8.29. The van der Waals surface area contributed by atoms with Gasteiger partial charge in [-0.05, 0) is 25.3 Å². The molecule has 4 heteroatoms. The summed E-state index contributed by atoms with van der Waals surface area (Å²) in [6.07, 6.45) is 4.73. The maximum atomic E-state index is 12.0. The number of rotatable bonds is 7. The second-order valence-electron chi connectivity index (χ2n) is 6.12. The molecule has 22 heavy (non-hydrogen) atoms. The van der Waals surface area contributed by atoms with Crippen LogP contribution in [0.1, 0.15) is 50.7 Å². The normalized spacial score (nSPS) is 18.6. The van der Waals surface area contributed by atoms with Gasteiger partial charge in [-0.15, -0.1) is 0 Å². The summed E-state index contributed by atoms with van der Waals surface area (Å²) in [5.74, 6) is 0.208. The summed E-state index contributed by atoms with van der Waals surface area (Å²) >= 11 is 0. The Hall–Kier alpha value is -1.39. The van der Waals surface area contributed by atoms with Crippen LogP contribution in [-0.4, -0.2) is 30.3 Å². The van der Waals surface area contributed by atoms with Crippen LogP contribution in [0.4, 0.5) is 0 Å². The molecule has 0 saturated heterocycles. The molecule has 0 heterocycles. The van der Waals surface area contributed by atoms with E-state index in [1.165, 1.54) is 6.42 Å². The number of aliphatic hydroxyl groups excluding tert-OH is 1. The number of carbonyl (C=O) groups is 1. The molecule has 2 unspecified atom stereocenters. The minimum Gasteiger partial charge on any atom is -0.389 e. The van der Waals surface area contributed by atoms with Gasteiger partial charge in [0.2, 0.25) is 5.91 Å². The summed E-state index contributed by atoms with van der Waals surface area (Å²) < 4.78 is 5.67. The minimum atomic E-state index is -0.668. The van der Waals surface area contributed by atoms with Crippen molar-refractivity contribution in [1.29, 1.82) is 0 Å². The van der Waals surface area contributed by atoms with Crippen LogP contribution < -0.4 is 5.32 Å². The molecule has 0 bridgehead atoms. The molecule has 2 rings (SSSR count). The Balaban J connectivity index is 1.65. The van der Waals surface area contributed by atoms with Crippen LogP contribution >= 0.6 is 0 Å². The van der Waals surface area contributed by atoms with Crippen LogP contribution in [-0.2, 0) is 9.53 Å². The van der Waals surface area contributed by atoms with E-state index < -0.39 is 6.10 Å². The van der Waals surface area contributed by atoms with E-state index in [-0.39, 0.29) is 31.1 Å². The van der Waals surface area contributed by atoms with Crippen molar-refractivity contribution in [2.24, 2.45) is 5.92 Å². The lowest BCUT2D eigenvalue weighted by Gasteiger charge is -2.22. The van der Waals surface area contributed by atoms with Crippen molar-refractivity contribution in [1.82, 2.24) is 5.32 Å². The maximum absolute atomic E-state index is 12.0. The van der Waals surface area contributed by atoms with Gasteiger partial charge in [0.15, 0.2) is 0 Å². The Morgan fingerprint density at radius 2 is 1.95 bits per heavy atom. The average molecular weight is 305 g/mol. The smallest absolute Gasteiger partial charge is 0.223 e. The van der Waals surface area contributed by atoms with Crippen molar-refractivity contribution in [2.45, 2.75) is 51.2 Å². The summed E-state index contributed by atoms with van der Waals surface area (Å²) in [7, 11) is 0. The van der Waals surface area contributed by atoms with Gasteiger partial charge < -0.3 is 15.2 Å². The molecule has 1 fully saturated rings. The van der Waals surface area contributed by atoms with Crippen LogP contribution in [0.2, 0.25) is 0 Å². The zero-order chi connectivity index (χ0) is 15.8. The van der Waals surface area contributed by atoms with Gasteiger partial charge in [-0.3, -0.25) is 4.79 Å². The molecule has 0 radical (unpaired) electrons. The predicted octanol–water partition coefficient (Wildman–Crippen LogP) is 2.82. The molecule has 4 nitrogen and oxygen atoms in total. The fourth-order valence-corrected chi connectivity index (χ4v) is 2.86. The molecule has 1 amide bonds. The maximum Gasteiger partial charge on any atom is 0.223 e. The summed E-state index contributed by atoms with van der Waals surface area (Å²) in [5, 5.41) is 12.8. The van der Waals surface area contributed by atoms with Crippen molar-refractivity contribution in [3.05, 3.63) is 35.9 Å². The van der Waals surface area contributed by atoms with Crippen LogP contribution in [0, 0.1) is 5.92 Å². The Morgan fingerprint density at radius 3 is 2.64 bits per heavy atom. The van der Waals surface area contributed by atoms with E-state index in [9.17, 15) is 9.90 Å². The van der Waals surface area contributed by atoms with Gasteiger partial charge >= 0.3 is 0 Å². The molecular formula is C18H27NO3. The monoisotopic (exact) mass is 305 g/mol. The van der Waals surface area contributed by atoms with Gasteiger partial charge in [0.25, 0.3) is 0 Å². The van der Waals surface area contributed by atoms with Crippen LogP contribution in [0.25, 0.3) is 0 Å². The van der Waals surface area contributed by atoms with Gasteiger partial charge in [-0.2, -0.15) is 0 Å². The summed E-state index contributed by atoms with van der Waals surface area (Å²) in [5.41, 5.74) is 1.08. The first-order valence-electron chi connectivity index (χ1n) is 8.29. The molecule has 0 spiro atoms. The van der Waals surface area contributed by atoms with E-state index in [1.54, 1.807) is 0 Å². The third-order valence-electron chi connectivity index (χ3n) is 4.30. The Kier molecular flexibility index (Phi) is 6.87. The molecule has 0 aromatic heterocycles. The highest BCUT2D eigenvalue weighted by Gasteiger charge is 2.21. The minimum absolute atomic E-state index is 0.0649. The average Bonchev–Trinajstić information content (AvgIpc) is 2.59. The molecule has 122 valence electrons. The summed E-state index contributed by atoms with van der Waals surface area (Å²) in [4.78, 5) is 12.0. The molecule has 1 aliphatic rings. The number of aliphatic hydroxyl groups is 1. The van der Waals surface area contributed by atoms with Crippen molar-refractivity contribution in [3.8, 4) is 0 Å². The van der Waals surface area contributed by atoms with Crippen molar-refractivity contribution >= 4 is 5.91 Å². The van der Waals surface area contributed by atoms with E-state index >= 15 is 0 Å². The van der Waals surface area contributed by atoms with E-state index in [1.807, 2.05) is 37.3 Å². The zero-order valence-corrected chi connectivity index (χ0v) is 13.3. The quantitative estimate of drug-likeness (QED) is 0.814. The second kappa shape index (κ2) is 8.91. The third-order valence-corrected chi connectivity index (χ3v) is 4.30. The molecule has 1 aromatic rings.